The molecule has 2 amide bonds. The maximum Gasteiger partial charge on any atom is 0.410 e. The summed E-state index contributed by atoms with van der Waals surface area (Å²) in [6.07, 6.45) is 0.612. The van der Waals surface area contributed by atoms with Gasteiger partial charge in [-0.2, -0.15) is 0 Å². The van der Waals surface area contributed by atoms with Crippen LogP contribution < -0.4 is 11.2 Å². The monoisotopic (exact) mass is 398 g/mol. The van der Waals surface area contributed by atoms with Gasteiger partial charge in [0.1, 0.15) is 18.7 Å². The zero-order chi connectivity index (χ0) is 21.6. The van der Waals surface area contributed by atoms with Crippen LogP contribution in [0.15, 0.2) is 15.8 Å². The van der Waals surface area contributed by atoms with E-state index < -0.39 is 41.4 Å². The van der Waals surface area contributed by atoms with Crippen molar-refractivity contribution in [3.63, 3.8) is 0 Å². The quantitative estimate of drug-likeness (QED) is 0.638. The minimum atomic E-state index is -1.24. The molecule has 1 aromatic rings. The molecule has 0 fully saturated rings. The highest BCUT2D eigenvalue weighted by Crippen LogP contribution is 2.09. The van der Waals surface area contributed by atoms with E-state index in [1.54, 1.807) is 20.8 Å². The first kappa shape index (κ1) is 22.9. The fraction of sp³-hybridized carbons (Fsp3) is 0.588. The van der Waals surface area contributed by atoms with Gasteiger partial charge in [0.25, 0.3) is 5.56 Å². The number of ether oxygens (including phenoxy) is 1. The second-order valence-corrected chi connectivity index (χ2v) is 7.31. The van der Waals surface area contributed by atoms with Gasteiger partial charge < -0.3 is 19.6 Å². The average molecular weight is 398 g/mol. The van der Waals surface area contributed by atoms with Gasteiger partial charge in [-0.25, -0.2) is 9.59 Å². The number of carboxylic acids is 1. The number of aromatic amines is 1. The highest BCUT2D eigenvalue weighted by molar-refractivity contribution is 5.85. The first-order valence-electron chi connectivity index (χ1n) is 8.54. The number of carbonyl (C=O) groups is 3. The van der Waals surface area contributed by atoms with Gasteiger partial charge in [0.05, 0.1) is 0 Å². The number of H-pyrrole nitrogens is 1. The number of likely N-dealkylation sites (N-methyl/N-ethyl adjacent to an activating group) is 1. The van der Waals surface area contributed by atoms with Gasteiger partial charge in [-0.15, -0.1) is 0 Å². The summed E-state index contributed by atoms with van der Waals surface area (Å²) in [5.74, 6) is -1.86. The molecule has 156 valence electrons. The molecule has 1 rings (SSSR count). The molecule has 11 heteroatoms. The largest absolute Gasteiger partial charge is 0.480 e. The van der Waals surface area contributed by atoms with E-state index in [2.05, 4.69) is 4.98 Å². The van der Waals surface area contributed by atoms with Crippen LogP contribution in [0.4, 0.5) is 4.79 Å². The van der Waals surface area contributed by atoms with E-state index in [1.165, 1.54) is 24.7 Å². The lowest BCUT2D eigenvalue weighted by molar-refractivity contribution is -0.144. The number of nitrogens with zero attached hydrogens (tertiary/aromatic N) is 3. The normalized spacial score (nSPS) is 11.0. The molecule has 28 heavy (non-hydrogen) atoms. The van der Waals surface area contributed by atoms with E-state index in [0.717, 1.165) is 9.80 Å². The van der Waals surface area contributed by atoms with Crippen LogP contribution in [0, 0.1) is 6.92 Å². The van der Waals surface area contributed by atoms with Crippen LogP contribution in [-0.4, -0.2) is 74.7 Å². The number of rotatable bonds is 7. The van der Waals surface area contributed by atoms with Crippen LogP contribution in [0.1, 0.15) is 26.3 Å². The number of aromatic nitrogens is 2. The standard InChI is InChI=1S/C17H26N4O7/c1-11-8-21(15(26)18-14(11)25)7-6-20(10-13(23)24)12(22)9-19(5)16(27)28-17(2,3)4/h8H,6-7,9-10H2,1-5H3,(H,23,24)(H,18,25,26). The molecule has 0 saturated carbocycles. The molecule has 2 N–H and O–H groups in total. The third-order valence-electron chi connectivity index (χ3n) is 3.56. The highest BCUT2D eigenvalue weighted by Gasteiger charge is 2.24. The van der Waals surface area contributed by atoms with Crippen LogP contribution in [0.3, 0.4) is 0 Å². The van der Waals surface area contributed by atoms with E-state index in [0.29, 0.717) is 5.56 Å². The van der Waals surface area contributed by atoms with Gasteiger partial charge in [0.2, 0.25) is 5.91 Å². The fourth-order valence-electron chi connectivity index (χ4n) is 2.18. The van der Waals surface area contributed by atoms with Crippen molar-refractivity contribution in [2.75, 3.05) is 26.7 Å². The molecule has 0 aliphatic heterocycles. The van der Waals surface area contributed by atoms with Gasteiger partial charge in [0, 0.05) is 31.9 Å². The first-order valence-corrected chi connectivity index (χ1v) is 8.54. The summed E-state index contributed by atoms with van der Waals surface area (Å²) in [7, 11) is 1.36. The van der Waals surface area contributed by atoms with Gasteiger partial charge in [0.15, 0.2) is 0 Å². The van der Waals surface area contributed by atoms with Crippen molar-refractivity contribution < 1.29 is 24.2 Å². The molecule has 0 atom stereocenters. The van der Waals surface area contributed by atoms with Crippen molar-refractivity contribution in [3.8, 4) is 0 Å². The SMILES string of the molecule is Cc1cn(CCN(CC(=O)O)C(=O)CN(C)C(=O)OC(C)(C)C)c(=O)[nH]c1=O. The van der Waals surface area contributed by atoms with Crippen molar-refractivity contribution in [2.24, 2.45) is 0 Å². The van der Waals surface area contributed by atoms with Gasteiger partial charge in [-0.1, -0.05) is 0 Å². The summed E-state index contributed by atoms with van der Waals surface area (Å²) >= 11 is 0. The van der Waals surface area contributed by atoms with Crippen LogP contribution >= 0.6 is 0 Å². The number of carbonyl (C=O) groups excluding carboxylic acids is 2. The zero-order valence-corrected chi connectivity index (χ0v) is 16.6. The fourth-order valence-corrected chi connectivity index (χ4v) is 2.18. The Hall–Kier alpha value is -3.11. The number of hydrogen-bond donors (Lipinski definition) is 2. The third-order valence-corrected chi connectivity index (χ3v) is 3.56. The van der Waals surface area contributed by atoms with Gasteiger partial charge in [-0.3, -0.25) is 23.9 Å². The Morgan fingerprint density at radius 3 is 2.36 bits per heavy atom. The molecule has 0 bridgehead atoms. The second kappa shape index (κ2) is 9.20. The Morgan fingerprint density at radius 2 is 1.82 bits per heavy atom. The van der Waals surface area contributed by atoms with Gasteiger partial charge in [-0.05, 0) is 27.7 Å². The molecule has 0 aromatic carbocycles. The molecule has 0 aliphatic carbocycles. The topological polar surface area (TPSA) is 142 Å². The van der Waals surface area contributed by atoms with E-state index in [9.17, 15) is 24.0 Å². The minimum absolute atomic E-state index is 0.0222. The van der Waals surface area contributed by atoms with Crippen LogP contribution in [0.25, 0.3) is 0 Å². The summed E-state index contributed by atoms with van der Waals surface area (Å²) in [6.45, 7) is 5.46. The van der Waals surface area contributed by atoms with E-state index in [4.69, 9.17) is 9.84 Å². The molecule has 0 unspecified atom stereocenters. The second-order valence-electron chi connectivity index (χ2n) is 7.31. The lowest BCUT2D eigenvalue weighted by Crippen LogP contribution is -2.46. The number of carboxylic acid groups (broad SMARTS) is 1. The number of aliphatic carboxylic acids is 1. The molecular weight excluding hydrogens is 372 g/mol. The zero-order valence-electron chi connectivity index (χ0n) is 16.6. The van der Waals surface area contributed by atoms with E-state index in [-0.39, 0.29) is 19.6 Å². The summed E-state index contributed by atoms with van der Waals surface area (Å²) < 4.78 is 6.33. The Labute approximate surface area is 161 Å². The predicted molar refractivity (Wildman–Crippen MR) is 99.1 cm³/mol. The Kier molecular flexibility index (Phi) is 7.53. The Morgan fingerprint density at radius 1 is 1.21 bits per heavy atom. The van der Waals surface area contributed by atoms with Crippen molar-refractivity contribution in [1.29, 1.82) is 0 Å². The summed E-state index contributed by atoms with van der Waals surface area (Å²) in [5.41, 5.74) is -1.61. The molecule has 0 radical (unpaired) electrons. The van der Waals surface area contributed by atoms with Crippen molar-refractivity contribution >= 4 is 18.0 Å². The van der Waals surface area contributed by atoms with Crippen LogP contribution in [-0.2, 0) is 20.9 Å². The highest BCUT2D eigenvalue weighted by atomic mass is 16.6. The summed E-state index contributed by atoms with van der Waals surface area (Å²) in [5, 5.41) is 9.05. The lowest BCUT2D eigenvalue weighted by Gasteiger charge is -2.27. The smallest absolute Gasteiger partial charge is 0.410 e. The number of amides is 2. The lowest BCUT2D eigenvalue weighted by atomic mass is 10.2. The molecule has 0 saturated heterocycles. The van der Waals surface area contributed by atoms with Crippen LogP contribution in [0.5, 0.6) is 0 Å². The van der Waals surface area contributed by atoms with E-state index >= 15 is 0 Å². The Balaban J connectivity index is 2.84. The van der Waals surface area contributed by atoms with Gasteiger partial charge >= 0.3 is 17.8 Å². The van der Waals surface area contributed by atoms with E-state index in [1.807, 2.05) is 0 Å². The molecule has 0 aliphatic rings. The Bertz CT molecular complexity index is 850. The predicted octanol–water partition coefficient (Wildman–Crippen LogP) is -0.375. The molecule has 1 heterocycles. The van der Waals surface area contributed by atoms with Crippen molar-refractivity contribution in [3.05, 3.63) is 32.6 Å². The van der Waals surface area contributed by atoms with Crippen molar-refractivity contribution in [1.82, 2.24) is 19.4 Å². The first-order chi connectivity index (χ1) is 12.8. The molecule has 0 spiro atoms. The summed E-state index contributed by atoms with van der Waals surface area (Å²) in [4.78, 5) is 62.9. The minimum Gasteiger partial charge on any atom is -0.480 e. The summed E-state index contributed by atoms with van der Waals surface area (Å²) in [6, 6.07) is 0. The maximum atomic E-state index is 12.5. The third kappa shape index (κ3) is 7.25. The molecular formula is C17H26N4O7. The number of hydrogen-bond acceptors (Lipinski definition) is 6. The molecule has 1 aromatic heterocycles. The van der Waals surface area contributed by atoms with Crippen LogP contribution in [0.2, 0.25) is 0 Å². The maximum absolute atomic E-state index is 12.5. The van der Waals surface area contributed by atoms with Crippen molar-refractivity contribution in [2.45, 2.75) is 39.8 Å². The number of nitrogens with one attached hydrogen (secondary N) is 1. The number of aryl methyl sites for hydroxylation is 1. The average Bonchev–Trinajstić information content (AvgIpc) is 2.53. The molecule has 11 nitrogen and oxygen atoms in total.